The van der Waals surface area contributed by atoms with Gasteiger partial charge < -0.3 is 5.32 Å². The summed E-state index contributed by atoms with van der Waals surface area (Å²) >= 11 is 0. The van der Waals surface area contributed by atoms with Crippen molar-refractivity contribution in [2.24, 2.45) is 0 Å². The largest absolute Gasteiger partial charge is 0.346 e. The second kappa shape index (κ2) is 4.65. The average Bonchev–Trinajstić information content (AvgIpc) is 2.30. The third-order valence-corrected chi connectivity index (χ3v) is 2.99. The molecule has 0 saturated carbocycles. The molecule has 4 heteroatoms. The second-order valence-electron chi connectivity index (χ2n) is 4.11. The number of benzene rings is 1. The molecule has 1 atom stereocenters. The highest BCUT2D eigenvalue weighted by atomic mass is 19.1. The number of hydrogen-bond acceptors (Lipinski definition) is 1. The highest BCUT2D eigenvalue weighted by Gasteiger charge is 2.24. The molecule has 90 valence electrons. The Hall–Kier alpha value is -1.71. The molecule has 17 heavy (non-hydrogen) atoms. The number of fused-ring (bicyclic) bond motifs is 1. The fraction of sp³-hybridized carbons (Fsp3) is 0.308. The Bertz CT molecular complexity index is 471. The van der Waals surface area contributed by atoms with Crippen molar-refractivity contribution in [1.82, 2.24) is 5.32 Å². The number of rotatable bonds is 2. The summed E-state index contributed by atoms with van der Waals surface area (Å²) in [5, 5.41) is 2.69. The Kier molecular flexibility index (Phi) is 3.22. The monoisotopic (exact) mass is 237 g/mol. The second-order valence-corrected chi connectivity index (χ2v) is 4.11. The van der Waals surface area contributed by atoms with Crippen LogP contribution in [0.15, 0.2) is 24.8 Å². The molecule has 1 aromatic carbocycles. The summed E-state index contributed by atoms with van der Waals surface area (Å²) in [5.41, 5.74) is 1.05. The molecule has 1 aliphatic carbocycles. The summed E-state index contributed by atoms with van der Waals surface area (Å²) < 4.78 is 26.7. The summed E-state index contributed by atoms with van der Waals surface area (Å²) in [6.07, 6.45) is 3.21. The fourth-order valence-electron chi connectivity index (χ4n) is 2.22. The maximum Gasteiger partial charge on any atom is 0.243 e. The zero-order chi connectivity index (χ0) is 12.4. The topological polar surface area (TPSA) is 29.1 Å². The normalized spacial score (nSPS) is 18.4. The van der Waals surface area contributed by atoms with E-state index in [0.717, 1.165) is 18.6 Å². The van der Waals surface area contributed by atoms with Crippen molar-refractivity contribution in [2.45, 2.75) is 25.3 Å². The average molecular weight is 237 g/mol. The molecule has 0 aliphatic heterocycles. The zero-order valence-electron chi connectivity index (χ0n) is 9.30. The van der Waals surface area contributed by atoms with Crippen molar-refractivity contribution in [3.8, 4) is 0 Å². The minimum absolute atomic E-state index is 0.325. The van der Waals surface area contributed by atoms with E-state index in [2.05, 4.69) is 11.9 Å². The fourth-order valence-corrected chi connectivity index (χ4v) is 2.22. The Morgan fingerprint density at radius 3 is 2.94 bits per heavy atom. The van der Waals surface area contributed by atoms with Crippen LogP contribution in [-0.4, -0.2) is 5.91 Å². The molecule has 1 aromatic rings. The third kappa shape index (κ3) is 2.35. The van der Waals surface area contributed by atoms with Gasteiger partial charge in [0.05, 0.1) is 6.04 Å². The van der Waals surface area contributed by atoms with E-state index in [4.69, 9.17) is 0 Å². The van der Waals surface area contributed by atoms with E-state index in [1.54, 1.807) is 0 Å². The lowest BCUT2D eigenvalue weighted by Crippen LogP contribution is -2.30. The highest BCUT2D eigenvalue weighted by Crippen LogP contribution is 2.32. The first-order valence-electron chi connectivity index (χ1n) is 5.52. The number of halogens is 2. The number of carbonyl (C=O) groups excluding carboxylic acids is 1. The molecule has 0 radical (unpaired) electrons. The maximum absolute atomic E-state index is 13.6. The van der Waals surface area contributed by atoms with Crippen LogP contribution in [0.25, 0.3) is 0 Å². The van der Waals surface area contributed by atoms with Crippen molar-refractivity contribution in [1.29, 1.82) is 0 Å². The number of carbonyl (C=O) groups is 1. The van der Waals surface area contributed by atoms with Gasteiger partial charge in [0.15, 0.2) is 0 Å². The van der Waals surface area contributed by atoms with E-state index in [1.165, 1.54) is 6.07 Å². The molecular formula is C13H13F2NO. The molecular weight excluding hydrogens is 224 g/mol. The minimum atomic E-state index is -0.610. The summed E-state index contributed by atoms with van der Waals surface area (Å²) in [4.78, 5) is 11.2. The van der Waals surface area contributed by atoms with Crippen LogP contribution >= 0.6 is 0 Å². The molecule has 0 unspecified atom stereocenters. The number of hydrogen-bond donors (Lipinski definition) is 1. The predicted octanol–water partition coefficient (Wildman–Crippen LogP) is 2.64. The molecule has 0 aromatic heterocycles. The standard InChI is InChI=1S/C13H13F2NO/c1-2-13(17)16-12-5-3-4-9-10(12)6-8(14)7-11(9)15/h2,6-7,12H,1,3-5H2,(H,16,17)/t12-/m0/s1. The molecule has 2 rings (SSSR count). The Morgan fingerprint density at radius 1 is 1.47 bits per heavy atom. The van der Waals surface area contributed by atoms with Gasteiger partial charge in [0.1, 0.15) is 11.6 Å². The van der Waals surface area contributed by atoms with E-state index < -0.39 is 11.6 Å². The molecule has 1 amide bonds. The van der Waals surface area contributed by atoms with Crippen molar-refractivity contribution in [3.63, 3.8) is 0 Å². The lowest BCUT2D eigenvalue weighted by atomic mass is 9.87. The lowest BCUT2D eigenvalue weighted by Gasteiger charge is -2.26. The van der Waals surface area contributed by atoms with Crippen LogP contribution in [0.2, 0.25) is 0 Å². The van der Waals surface area contributed by atoms with Gasteiger partial charge in [-0.3, -0.25) is 4.79 Å². The van der Waals surface area contributed by atoms with Gasteiger partial charge in [0, 0.05) is 6.07 Å². The molecule has 0 spiro atoms. The van der Waals surface area contributed by atoms with Gasteiger partial charge in [-0.25, -0.2) is 8.78 Å². The smallest absolute Gasteiger partial charge is 0.243 e. The first-order valence-corrected chi connectivity index (χ1v) is 5.52. The van der Waals surface area contributed by atoms with Crippen LogP contribution in [0.4, 0.5) is 8.78 Å². The van der Waals surface area contributed by atoms with Crippen LogP contribution in [-0.2, 0) is 11.2 Å². The Morgan fingerprint density at radius 2 is 2.24 bits per heavy atom. The number of nitrogens with one attached hydrogen (secondary N) is 1. The predicted molar refractivity (Wildman–Crippen MR) is 60.4 cm³/mol. The summed E-state index contributed by atoms with van der Waals surface area (Å²) in [6.45, 7) is 3.36. The van der Waals surface area contributed by atoms with Crippen molar-refractivity contribution < 1.29 is 13.6 Å². The van der Waals surface area contributed by atoms with E-state index in [-0.39, 0.29) is 11.9 Å². The van der Waals surface area contributed by atoms with Gasteiger partial charge in [0.25, 0.3) is 0 Å². The first-order chi connectivity index (χ1) is 8.11. The van der Waals surface area contributed by atoms with Crippen LogP contribution < -0.4 is 5.32 Å². The summed E-state index contributed by atoms with van der Waals surface area (Å²) in [6, 6.07) is 1.86. The highest BCUT2D eigenvalue weighted by molar-refractivity contribution is 5.87. The van der Waals surface area contributed by atoms with E-state index in [1.807, 2.05) is 0 Å². The lowest BCUT2D eigenvalue weighted by molar-refractivity contribution is -0.117. The molecule has 1 aliphatic rings. The third-order valence-electron chi connectivity index (χ3n) is 2.99. The maximum atomic E-state index is 13.6. The molecule has 2 nitrogen and oxygen atoms in total. The van der Waals surface area contributed by atoms with Crippen LogP contribution in [0.3, 0.4) is 0 Å². The van der Waals surface area contributed by atoms with Crippen LogP contribution in [0.1, 0.15) is 30.0 Å². The van der Waals surface area contributed by atoms with Gasteiger partial charge in [-0.15, -0.1) is 0 Å². The Labute approximate surface area is 98.3 Å². The number of amides is 1. The van der Waals surface area contributed by atoms with Gasteiger partial charge >= 0.3 is 0 Å². The van der Waals surface area contributed by atoms with E-state index in [0.29, 0.717) is 24.0 Å². The van der Waals surface area contributed by atoms with Gasteiger partial charge in [-0.1, -0.05) is 6.58 Å². The molecule has 1 N–H and O–H groups in total. The van der Waals surface area contributed by atoms with Gasteiger partial charge in [0.2, 0.25) is 5.91 Å². The van der Waals surface area contributed by atoms with Crippen molar-refractivity contribution >= 4 is 5.91 Å². The van der Waals surface area contributed by atoms with Gasteiger partial charge in [-0.05, 0) is 42.5 Å². The van der Waals surface area contributed by atoms with Crippen molar-refractivity contribution in [3.05, 3.63) is 47.5 Å². The van der Waals surface area contributed by atoms with Crippen LogP contribution in [0, 0.1) is 11.6 Å². The summed E-state index contributed by atoms with van der Waals surface area (Å²) in [7, 11) is 0. The Balaban J connectivity index is 2.36. The van der Waals surface area contributed by atoms with Gasteiger partial charge in [-0.2, -0.15) is 0 Å². The minimum Gasteiger partial charge on any atom is -0.346 e. The molecule has 0 heterocycles. The zero-order valence-corrected chi connectivity index (χ0v) is 9.30. The first kappa shape index (κ1) is 11.8. The molecule has 0 saturated heterocycles. The van der Waals surface area contributed by atoms with Crippen molar-refractivity contribution in [2.75, 3.05) is 0 Å². The quantitative estimate of drug-likeness (QED) is 0.787. The SMILES string of the molecule is C=CC(=O)N[C@H]1CCCc2c(F)cc(F)cc21. The van der Waals surface area contributed by atoms with Crippen LogP contribution in [0.5, 0.6) is 0 Å². The van der Waals surface area contributed by atoms with E-state index >= 15 is 0 Å². The summed E-state index contributed by atoms with van der Waals surface area (Å²) in [5.74, 6) is -1.47. The molecule has 0 fully saturated rings. The molecule has 0 bridgehead atoms. The van der Waals surface area contributed by atoms with E-state index in [9.17, 15) is 13.6 Å².